The minimum atomic E-state index is -0.560. The lowest BCUT2D eigenvalue weighted by Gasteiger charge is -2.43. The van der Waals surface area contributed by atoms with Gasteiger partial charge in [-0.1, -0.05) is 30.3 Å². The number of carbonyl (C=O) groups is 2. The van der Waals surface area contributed by atoms with Crippen molar-refractivity contribution in [3.63, 3.8) is 0 Å². The van der Waals surface area contributed by atoms with Gasteiger partial charge < -0.3 is 24.4 Å². The van der Waals surface area contributed by atoms with Crippen LogP contribution in [0.1, 0.15) is 39.0 Å². The number of ether oxygens (including phenoxy) is 1. The fourth-order valence-electron chi connectivity index (χ4n) is 5.95. The molecule has 3 heterocycles. The molecule has 0 unspecified atom stereocenters. The van der Waals surface area contributed by atoms with E-state index >= 15 is 0 Å². The highest BCUT2D eigenvalue weighted by atomic mass is 16.5. The highest BCUT2D eigenvalue weighted by Crippen LogP contribution is 2.39. The average molecular weight is 520 g/mol. The van der Waals surface area contributed by atoms with Gasteiger partial charge in [0.2, 0.25) is 5.91 Å². The third-order valence-corrected chi connectivity index (χ3v) is 7.92. The van der Waals surface area contributed by atoms with Gasteiger partial charge in [0.25, 0.3) is 0 Å². The van der Waals surface area contributed by atoms with Crippen molar-refractivity contribution in [3.8, 4) is 0 Å². The monoisotopic (exact) mass is 519 g/mol. The summed E-state index contributed by atoms with van der Waals surface area (Å²) in [5.41, 5.74) is 2.23. The molecule has 1 aromatic heterocycles. The number of amides is 1. The molecule has 9 nitrogen and oxygen atoms in total. The molecule has 0 radical (unpaired) electrons. The molecular formula is C29H37N5O4. The van der Waals surface area contributed by atoms with E-state index in [2.05, 4.69) is 26.9 Å². The van der Waals surface area contributed by atoms with Gasteiger partial charge in [0.15, 0.2) is 0 Å². The Morgan fingerprint density at radius 2 is 1.68 bits per heavy atom. The van der Waals surface area contributed by atoms with E-state index in [1.165, 1.54) is 0 Å². The first kappa shape index (κ1) is 26.0. The summed E-state index contributed by atoms with van der Waals surface area (Å²) in [6.45, 7) is 6.46. The fraction of sp³-hybridized carbons (Fsp3) is 0.483. The number of hydrogen-bond acceptors (Lipinski definition) is 6. The number of aromatic nitrogens is 2. The Labute approximate surface area is 223 Å². The zero-order valence-electron chi connectivity index (χ0n) is 22.1. The van der Waals surface area contributed by atoms with E-state index < -0.39 is 5.54 Å². The first-order valence-corrected chi connectivity index (χ1v) is 13.7. The second kappa shape index (κ2) is 11.4. The number of benzene rings is 2. The molecule has 0 aliphatic carbocycles. The molecule has 5 rings (SSSR count). The Balaban J connectivity index is 1.21. The van der Waals surface area contributed by atoms with Gasteiger partial charge in [-0.05, 0) is 63.4 Å². The Hall–Kier alpha value is -3.59. The summed E-state index contributed by atoms with van der Waals surface area (Å²) in [7, 11) is 0. The smallest absolute Gasteiger partial charge is 0.326 e. The number of nitrogens with zero attached hydrogens (tertiary/aromatic N) is 4. The van der Waals surface area contributed by atoms with Gasteiger partial charge in [0.1, 0.15) is 5.54 Å². The molecule has 1 spiro atoms. The number of aryl methyl sites for hydroxylation is 1. The molecule has 38 heavy (non-hydrogen) atoms. The standard InChI is InChI=1S/C29H37N5O4/c1-2-38-26(35)14-8-18-32-22-34(23-10-4-3-5-11-23)29(27(32)36)15-20-31(21-16-29)17-9-19-33-25-13-7-6-12-24(25)30-28(33)37/h3-7,10-13H,2,8-9,14-22H2,1H3,(H,30,37). The van der Waals surface area contributed by atoms with Crippen LogP contribution in [0.25, 0.3) is 11.0 Å². The number of imidazole rings is 1. The molecule has 9 heteroatoms. The zero-order valence-corrected chi connectivity index (χ0v) is 22.1. The maximum atomic E-state index is 13.8. The topological polar surface area (TPSA) is 90.9 Å². The summed E-state index contributed by atoms with van der Waals surface area (Å²) in [6, 6.07) is 17.9. The van der Waals surface area contributed by atoms with Gasteiger partial charge in [0, 0.05) is 38.3 Å². The first-order valence-electron chi connectivity index (χ1n) is 13.7. The van der Waals surface area contributed by atoms with Gasteiger partial charge in [-0.2, -0.15) is 0 Å². The molecule has 1 amide bonds. The largest absolute Gasteiger partial charge is 0.466 e. The van der Waals surface area contributed by atoms with Gasteiger partial charge in [-0.25, -0.2) is 4.79 Å². The summed E-state index contributed by atoms with van der Waals surface area (Å²) in [5.74, 6) is -0.0489. The number of para-hydroxylation sites is 3. The molecule has 1 N–H and O–H groups in total. The van der Waals surface area contributed by atoms with Crippen LogP contribution in [0.5, 0.6) is 0 Å². The van der Waals surface area contributed by atoms with E-state index in [1.54, 1.807) is 6.92 Å². The Morgan fingerprint density at radius 3 is 2.45 bits per heavy atom. The van der Waals surface area contributed by atoms with Crippen LogP contribution in [0, 0.1) is 0 Å². The summed E-state index contributed by atoms with van der Waals surface area (Å²) >= 11 is 0. The average Bonchev–Trinajstić information content (AvgIpc) is 3.39. The van der Waals surface area contributed by atoms with Gasteiger partial charge in [0.05, 0.1) is 24.3 Å². The molecule has 2 fully saturated rings. The molecule has 0 bridgehead atoms. The Kier molecular flexibility index (Phi) is 7.83. The number of fused-ring (bicyclic) bond motifs is 1. The highest BCUT2D eigenvalue weighted by molar-refractivity contribution is 5.93. The van der Waals surface area contributed by atoms with Crippen LogP contribution in [0.4, 0.5) is 5.69 Å². The molecule has 2 saturated heterocycles. The number of anilines is 1. The first-order chi connectivity index (χ1) is 18.5. The molecule has 2 aliphatic rings. The number of piperidine rings is 1. The quantitative estimate of drug-likeness (QED) is 0.414. The van der Waals surface area contributed by atoms with Crippen molar-refractivity contribution in [2.45, 2.75) is 51.1 Å². The summed E-state index contributed by atoms with van der Waals surface area (Å²) in [5, 5.41) is 0. The number of carbonyl (C=O) groups excluding carboxylic acids is 2. The predicted molar refractivity (Wildman–Crippen MR) is 147 cm³/mol. The molecule has 0 saturated carbocycles. The van der Waals surface area contributed by atoms with Gasteiger partial charge >= 0.3 is 11.7 Å². The van der Waals surface area contributed by atoms with E-state index in [4.69, 9.17) is 4.74 Å². The van der Waals surface area contributed by atoms with Crippen molar-refractivity contribution in [2.75, 3.05) is 44.4 Å². The number of H-pyrrole nitrogens is 1. The molecular weight excluding hydrogens is 482 g/mol. The van der Waals surface area contributed by atoms with Gasteiger partial charge in [-0.3, -0.25) is 14.2 Å². The molecule has 3 aromatic rings. The van der Waals surface area contributed by atoms with Crippen molar-refractivity contribution in [1.29, 1.82) is 0 Å². The minimum Gasteiger partial charge on any atom is -0.466 e. The van der Waals surface area contributed by atoms with E-state index in [9.17, 15) is 14.4 Å². The second-order valence-corrected chi connectivity index (χ2v) is 10.2. The van der Waals surface area contributed by atoms with Crippen LogP contribution in [0.2, 0.25) is 0 Å². The van der Waals surface area contributed by atoms with Crippen LogP contribution < -0.4 is 10.6 Å². The lowest BCUT2D eigenvalue weighted by Crippen LogP contribution is -2.56. The van der Waals surface area contributed by atoms with E-state index in [-0.39, 0.29) is 17.6 Å². The second-order valence-electron chi connectivity index (χ2n) is 10.2. The summed E-state index contributed by atoms with van der Waals surface area (Å²) in [4.78, 5) is 47.5. The predicted octanol–water partition coefficient (Wildman–Crippen LogP) is 3.20. The number of nitrogens with one attached hydrogen (secondary N) is 1. The summed E-state index contributed by atoms with van der Waals surface area (Å²) < 4.78 is 6.86. The van der Waals surface area contributed by atoms with Crippen LogP contribution in [0.3, 0.4) is 0 Å². The van der Waals surface area contributed by atoms with Crippen molar-refractivity contribution in [2.24, 2.45) is 0 Å². The van der Waals surface area contributed by atoms with Crippen LogP contribution in [-0.4, -0.2) is 76.2 Å². The maximum Gasteiger partial charge on any atom is 0.326 e. The number of rotatable bonds is 10. The van der Waals surface area contributed by atoms with Gasteiger partial charge in [-0.15, -0.1) is 0 Å². The van der Waals surface area contributed by atoms with E-state index in [1.807, 2.05) is 51.9 Å². The minimum absolute atomic E-state index is 0.0677. The molecule has 2 aromatic carbocycles. The number of hydrogen-bond donors (Lipinski definition) is 1. The fourth-order valence-corrected chi connectivity index (χ4v) is 5.95. The van der Waals surface area contributed by atoms with E-state index in [0.717, 1.165) is 55.6 Å². The maximum absolute atomic E-state index is 13.8. The van der Waals surface area contributed by atoms with Crippen LogP contribution in [0.15, 0.2) is 59.4 Å². The molecule has 2 aliphatic heterocycles. The van der Waals surface area contributed by atoms with Crippen LogP contribution in [-0.2, 0) is 20.9 Å². The van der Waals surface area contributed by atoms with Crippen molar-refractivity contribution >= 4 is 28.6 Å². The number of esters is 1. The molecule has 0 atom stereocenters. The van der Waals surface area contributed by atoms with E-state index in [0.29, 0.717) is 39.2 Å². The van der Waals surface area contributed by atoms with Crippen LogP contribution >= 0.6 is 0 Å². The number of likely N-dealkylation sites (tertiary alicyclic amines) is 1. The third kappa shape index (κ3) is 5.20. The molecule has 202 valence electrons. The summed E-state index contributed by atoms with van der Waals surface area (Å²) in [6.07, 6.45) is 3.29. The third-order valence-electron chi connectivity index (χ3n) is 7.92. The highest BCUT2D eigenvalue weighted by Gasteiger charge is 2.53. The Bertz CT molecular complexity index is 1310. The number of aromatic amines is 1. The van der Waals surface area contributed by atoms with Crippen molar-refractivity contribution < 1.29 is 14.3 Å². The SMILES string of the molecule is CCOC(=O)CCCN1CN(c2ccccc2)C2(CCN(CCCn3c(=O)[nH]c4ccccc43)CC2)C1=O. The lowest BCUT2D eigenvalue weighted by molar-refractivity contribution is -0.143. The van der Waals surface area contributed by atoms with Crippen molar-refractivity contribution in [3.05, 3.63) is 65.1 Å². The zero-order chi connectivity index (χ0) is 26.5. The lowest BCUT2D eigenvalue weighted by atomic mass is 9.85. The Morgan fingerprint density at radius 1 is 0.947 bits per heavy atom. The van der Waals surface area contributed by atoms with Crippen molar-refractivity contribution in [1.82, 2.24) is 19.4 Å². The normalized spacial score (nSPS) is 17.6.